The molecule has 38 heavy (non-hydrogen) atoms. The Kier molecular flexibility index (Phi) is 8.23. The molecule has 2 fully saturated rings. The first-order chi connectivity index (χ1) is 17.8. The van der Waals surface area contributed by atoms with Crippen LogP contribution in [-0.4, -0.2) is 60.0 Å². The van der Waals surface area contributed by atoms with Crippen molar-refractivity contribution in [3.63, 3.8) is 0 Å². The molecule has 1 N–H and O–H groups in total. The van der Waals surface area contributed by atoms with Gasteiger partial charge in [0, 0.05) is 17.4 Å². The number of carbonyl (C=O) groups is 2. The van der Waals surface area contributed by atoms with E-state index >= 15 is 0 Å². The highest BCUT2D eigenvalue weighted by Gasteiger charge is 2.49. The molecular formula is C28H35N3O5S2. The number of carbonyl (C=O) groups excluding carboxylic acids is 2. The van der Waals surface area contributed by atoms with Gasteiger partial charge in [0.25, 0.3) is 5.91 Å². The molecular weight excluding hydrogens is 522 g/mol. The van der Waals surface area contributed by atoms with E-state index in [2.05, 4.69) is 24.2 Å². The zero-order valence-corrected chi connectivity index (χ0v) is 24.0. The van der Waals surface area contributed by atoms with E-state index in [9.17, 15) is 18.0 Å². The van der Waals surface area contributed by atoms with Crippen molar-refractivity contribution >= 4 is 44.5 Å². The van der Waals surface area contributed by atoms with Crippen LogP contribution in [0.15, 0.2) is 59.6 Å². The molecule has 2 aromatic carbocycles. The van der Waals surface area contributed by atoms with Gasteiger partial charge in [0.05, 0.1) is 17.5 Å². The molecule has 0 aromatic heterocycles. The maximum absolute atomic E-state index is 13.6. The standard InChI is InChI=1S/C28H35N3O5S2/c1-18(2)20-11-13-21(14-12-20)31-23-16-38(34,35)17-24(23)37-26(31)30-25(32)22(15-19-9-7-6-8-10-19)29-27(33)36-28(3,4)5/h6-14,18,22-24H,15-17H2,1-5H3,(H,29,33)/t22-,23-,24+/m0/s1. The average molecular weight is 558 g/mol. The van der Waals surface area contributed by atoms with Crippen LogP contribution in [0.3, 0.4) is 0 Å². The van der Waals surface area contributed by atoms with Gasteiger partial charge in [-0.15, -0.1) is 0 Å². The lowest BCUT2D eigenvalue weighted by molar-refractivity contribution is -0.119. The van der Waals surface area contributed by atoms with Crippen molar-refractivity contribution in [3.8, 4) is 0 Å². The fraction of sp³-hybridized carbons (Fsp3) is 0.464. The van der Waals surface area contributed by atoms with Gasteiger partial charge in [-0.25, -0.2) is 13.2 Å². The van der Waals surface area contributed by atoms with Crippen molar-refractivity contribution in [2.45, 2.75) is 69.9 Å². The molecule has 2 aromatic rings. The molecule has 2 amide bonds. The number of hydrogen-bond acceptors (Lipinski definition) is 6. The number of amidine groups is 1. The summed E-state index contributed by atoms with van der Waals surface area (Å²) in [4.78, 5) is 32.5. The van der Waals surface area contributed by atoms with Crippen molar-refractivity contribution in [1.29, 1.82) is 0 Å². The summed E-state index contributed by atoms with van der Waals surface area (Å²) in [5, 5.41) is 2.92. The third-order valence-corrected chi connectivity index (χ3v) is 9.59. The predicted octanol–water partition coefficient (Wildman–Crippen LogP) is 4.55. The molecule has 0 saturated carbocycles. The molecule has 3 atom stereocenters. The summed E-state index contributed by atoms with van der Waals surface area (Å²) in [7, 11) is -3.19. The first kappa shape index (κ1) is 28.2. The minimum atomic E-state index is -3.19. The fourth-order valence-electron chi connectivity index (χ4n) is 4.56. The minimum Gasteiger partial charge on any atom is -0.444 e. The van der Waals surface area contributed by atoms with Crippen molar-refractivity contribution < 1.29 is 22.7 Å². The number of sulfone groups is 1. The minimum absolute atomic E-state index is 0.00735. The van der Waals surface area contributed by atoms with Gasteiger partial charge in [-0.1, -0.05) is 68.1 Å². The van der Waals surface area contributed by atoms with Crippen molar-refractivity contribution in [2.24, 2.45) is 4.99 Å². The first-order valence-electron chi connectivity index (χ1n) is 12.7. The molecule has 2 saturated heterocycles. The molecule has 8 nitrogen and oxygen atoms in total. The Hall–Kier alpha value is -2.85. The van der Waals surface area contributed by atoms with Crippen LogP contribution in [0.4, 0.5) is 10.5 Å². The highest BCUT2D eigenvalue weighted by Crippen LogP contribution is 2.41. The Morgan fingerprint density at radius 1 is 1.08 bits per heavy atom. The smallest absolute Gasteiger partial charge is 0.408 e. The van der Waals surface area contributed by atoms with Crippen LogP contribution >= 0.6 is 11.8 Å². The summed E-state index contributed by atoms with van der Waals surface area (Å²) < 4.78 is 30.3. The van der Waals surface area contributed by atoms with Crippen LogP contribution in [-0.2, 0) is 25.8 Å². The number of ether oxygens (including phenoxy) is 1. The van der Waals surface area contributed by atoms with Gasteiger partial charge in [-0.3, -0.25) is 4.79 Å². The second-order valence-corrected chi connectivity index (χ2v) is 14.4. The fourth-order valence-corrected chi connectivity index (χ4v) is 8.48. The highest BCUT2D eigenvalue weighted by atomic mass is 32.2. The zero-order chi connectivity index (χ0) is 27.7. The third kappa shape index (κ3) is 6.96. The van der Waals surface area contributed by atoms with E-state index in [0.717, 1.165) is 16.8 Å². The van der Waals surface area contributed by atoms with E-state index in [1.54, 1.807) is 20.8 Å². The lowest BCUT2D eigenvalue weighted by atomic mass is 10.0. The molecule has 0 aliphatic carbocycles. The molecule has 0 unspecified atom stereocenters. The lowest BCUT2D eigenvalue weighted by Crippen LogP contribution is -2.45. The Balaban J connectivity index is 1.65. The Bertz CT molecular complexity index is 1300. The quantitative estimate of drug-likeness (QED) is 0.556. The zero-order valence-electron chi connectivity index (χ0n) is 22.4. The number of anilines is 1. The van der Waals surface area contributed by atoms with Crippen LogP contribution in [0, 0.1) is 0 Å². The highest BCUT2D eigenvalue weighted by molar-refractivity contribution is 8.16. The number of hydrogen-bond donors (Lipinski definition) is 1. The summed E-state index contributed by atoms with van der Waals surface area (Å²) in [5.74, 6) is -0.120. The van der Waals surface area contributed by atoms with E-state index in [1.807, 2.05) is 59.5 Å². The monoisotopic (exact) mass is 557 g/mol. The molecule has 0 bridgehead atoms. The third-order valence-electron chi connectivity index (χ3n) is 6.38. The van der Waals surface area contributed by atoms with Crippen LogP contribution in [0.2, 0.25) is 0 Å². The number of aliphatic imine (C=N–C) groups is 1. The number of thioether (sulfide) groups is 1. The van der Waals surface area contributed by atoms with Gasteiger partial charge < -0.3 is 15.0 Å². The second-order valence-electron chi connectivity index (χ2n) is 11.0. The van der Waals surface area contributed by atoms with E-state index in [-0.39, 0.29) is 29.2 Å². The normalized spacial score (nSPS) is 22.4. The lowest BCUT2D eigenvalue weighted by Gasteiger charge is -2.26. The van der Waals surface area contributed by atoms with Crippen LogP contribution in [0.25, 0.3) is 0 Å². The SMILES string of the molecule is CC(C)c1ccc(N2C(=NC(=O)[C@H](Cc3ccccc3)NC(=O)OC(C)(C)C)S[C@@H]3CS(=O)(=O)C[C@@H]32)cc1. The predicted molar refractivity (Wildman–Crippen MR) is 153 cm³/mol. The van der Waals surface area contributed by atoms with Crippen molar-refractivity contribution in [2.75, 3.05) is 16.4 Å². The molecule has 0 radical (unpaired) electrons. The number of nitrogens with zero attached hydrogens (tertiary/aromatic N) is 2. The topological polar surface area (TPSA) is 105 Å². The van der Waals surface area contributed by atoms with E-state index in [0.29, 0.717) is 11.1 Å². The van der Waals surface area contributed by atoms with Crippen LogP contribution in [0.5, 0.6) is 0 Å². The Labute approximate surface area is 229 Å². The maximum Gasteiger partial charge on any atom is 0.408 e. The first-order valence-corrected chi connectivity index (χ1v) is 15.4. The molecule has 2 aliphatic heterocycles. The Morgan fingerprint density at radius 2 is 1.74 bits per heavy atom. The van der Waals surface area contributed by atoms with E-state index in [1.165, 1.54) is 11.8 Å². The molecule has 2 heterocycles. The van der Waals surface area contributed by atoms with Gasteiger partial charge >= 0.3 is 6.09 Å². The number of nitrogens with one attached hydrogen (secondary N) is 1. The average Bonchev–Trinajstić information content (AvgIpc) is 3.28. The van der Waals surface area contributed by atoms with Gasteiger partial charge in [0.15, 0.2) is 15.0 Å². The van der Waals surface area contributed by atoms with Crippen LogP contribution in [0.1, 0.15) is 51.7 Å². The summed E-state index contributed by atoms with van der Waals surface area (Å²) in [6.45, 7) is 9.48. The molecule has 0 spiro atoms. The molecule has 204 valence electrons. The summed E-state index contributed by atoms with van der Waals surface area (Å²) in [6, 6.07) is 16.0. The number of fused-ring (bicyclic) bond motifs is 1. The van der Waals surface area contributed by atoms with E-state index in [4.69, 9.17) is 4.74 Å². The molecule has 4 rings (SSSR count). The number of amides is 2. The largest absolute Gasteiger partial charge is 0.444 e. The maximum atomic E-state index is 13.6. The second kappa shape index (κ2) is 11.1. The van der Waals surface area contributed by atoms with Gasteiger partial charge in [-0.05, 0) is 49.9 Å². The van der Waals surface area contributed by atoms with Crippen molar-refractivity contribution in [3.05, 3.63) is 65.7 Å². The van der Waals surface area contributed by atoms with Gasteiger partial charge in [0.1, 0.15) is 11.6 Å². The van der Waals surface area contributed by atoms with Gasteiger partial charge in [0.2, 0.25) is 0 Å². The molecule has 2 aliphatic rings. The van der Waals surface area contributed by atoms with Gasteiger partial charge in [-0.2, -0.15) is 4.99 Å². The number of alkyl carbamates (subject to hydrolysis) is 1. The number of benzene rings is 2. The Morgan fingerprint density at radius 3 is 2.34 bits per heavy atom. The summed E-state index contributed by atoms with van der Waals surface area (Å²) in [6.07, 6.45) is -0.458. The van der Waals surface area contributed by atoms with Crippen LogP contribution < -0.4 is 10.2 Å². The summed E-state index contributed by atoms with van der Waals surface area (Å²) in [5.41, 5.74) is 2.10. The summed E-state index contributed by atoms with van der Waals surface area (Å²) >= 11 is 1.31. The van der Waals surface area contributed by atoms with E-state index < -0.39 is 33.5 Å². The number of rotatable bonds is 6. The van der Waals surface area contributed by atoms with Crippen molar-refractivity contribution in [1.82, 2.24) is 5.32 Å². The molecule has 10 heteroatoms.